The maximum absolute atomic E-state index is 11.7. The Morgan fingerprint density at radius 3 is 2.78 bits per heavy atom. The number of aryl methyl sites for hydroxylation is 2. The van der Waals surface area contributed by atoms with Gasteiger partial charge in [-0.05, 0) is 36.9 Å². The van der Waals surface area contributed by atoms with Gasteiger partial charge in [0.05, 0.1) is 0 Å². The summed E-state index contributed by atoms with van der Waals surface area (Å²) in [6, 6.07) is 7.51. The van der Waals surface area contributed by atoms with Gasteiger partial charge in [0.15, 0.2) is 0 Å². The van der Waals surface area contributed by atoms with Gasteiger partial charge in [0.1, 0.15) is 0 Å². The first-order chi connectivity index (χ1) is 8.68. The normalized spacial score (nSPS) is 10.8. The molecule has 3 nitrogen and oxygen atoms in total. The lowest BCUT2D eigenvalue weighted by Crippen LogP contribution is -2.27. The number of aromatic nitrogens is 1. The molecule has 0 saturated heterocycles. The predicted molar refractivity (Wildman–Crippen MR) is 76.2 cm³/mol. The Kier molecular flexibility index (Phi) is 4.33. The van der Waals surface area contributed by atoms with E-state index in [1.54, 1.807) is 28.0 Å². The summed E-state index contributed by atoms with van der Waals surface area (Å²) in [6.45, 7) is 6.49. The predicted octanol–water partition coefficient (Wildman–Crippen LogP) is 2.32. The summed E-state index contributed by atoms with van der Waals surface area (Å²) in [6.07, 6.45) is 0. The second-order valence-corrected chi connectivity index (χ2v) is 5.36. The third-order valence-electron chi connectivity index (χ3n) is 3.03. The summed E-state index contributed by atoms with van der Waals surface area (Å²) < 4.78 is 1.80. The van der Waals surface area contributed by atoms with Crippen molar-refractivity contribution >= 4 is 11.3 Å². The number of pyridine rings is 1. The van der Waals surface area contributed by atoms with E-state index in [1.165, 1.54) is 10.4 Å². The monoisotopic (exact) mass is 262 g/mol. The highest BCUT2D eigenvalue weighted by Crippen LogP contribution is 2.14. The lowest BCUT2D eigenvalue weighted by molar-refractivity contribution is 0.577. The van der Waals surface area contributed by atoms with E-state index < -0.39 is 0 Å². The molecule has 4 heteroatoms. The average Bonchev–Trinajstić information content (AvgIpc) is 2.73. The molecular formula is C14H18N2OS. The van der Waals surface area contributed by atoms with Crippen LogP contribution in [0.3, 0.4) is 0 Å². The van der Waals surface area contributed by atoms with E-state index in [0.717, 1.165) is 25.3 Å². The Morgan fingerprint density at radius 1 is 1.28 bits per heavy atom. The first kappa shape index (κ1) is 13.1. The maximum atomic E-state index is 11.7. The molecule has 0 aromatic carbocycles. The quantitative estimate of drug-likeness (QED) is 0.839. The van der Waals surface area contributed by atoms with Crippen molar-refractivity contribution in [3.05, 3.63) is 56.1 Å². The molecule has 18 heavy (non-hydrogen) atoms. The molecule has 0 saturated carbocycles. The smallest absolute Gasteiger partial charge is 0.250 e. The number of rotatable bonds is 5. The van der Waals surface area contributed by atoms with Crippen LogP contribution in [0.25, 0.3) is 0 Å². The van der Waals surface area contributed by atoms with Gasteiger partial charge < -0.3 is 9.88 Å². The Bertz CT molecular complexity index is 571. The Balaban J connectivity index is 1.86. The fourth-order valence-electron chi connectivity index (χ4n) is 1.89. The van der Waals surface area contributed by atoms with Crippen LogP contribution in [0.15, 0.2) is 34.4 Å². The lowest BCUT2D eigenvalue weighted by Gasteiger charge is -2.10. The van der Waals surface area contributed by atoms with E-state index in [1.807, 2.05) is 13.0 Å². The van der Waals surface area contributed by atoms with Crippen LogP contribution in [0.5, 0.6) is 0 Å². The number of hydrogen-bond donors (Lipinski definition) is 1. The average molecular weight is 262 g/mol. The molecule has 0 unspecified atom stereocenters. The van der Waals surface area contributed by atoms with Gasteiger partial charge >= 0.3 is 0 Å². The van der Waals surface area contributed by atoms with Crippen molar-refractivity contribution in [1.82, 2.24) is 9.88 Å². The zero-order valence-corrected chi connectivity index (χ0v) is 11.6. The molecule has 2 aromatic heterocycles. The van der Waals surface area contributed by atoms with Gasteiger partial charge in [-0.1, -0.05) is 6.07 Å². The minimum absolute atomic E-state index is 0.0732. The molecule has 0 aliphatic heterocycles. The second kappa shape index (κ2) is 5.98. The van der Waals surface area contributed by atoms with Gasteiger partial charge in [0.25, 0.3) is 5.56 Å². The van der Waals surface area contributed by atoms with Crippen molar-refractivity contribution in [2.24, 2.45) is 0 Å². The van der Waals surface area contributed by atoms with Crippen LogP contribution >= 0.6 is 11.3 Å². The molecule has 0 aliphatic rings. The summed E-state index contributed by atoms with van der Waals surface area (Å²) in [7, 11) is 0. The first-order valence-electron chi connectivity index (χ1n) is 6.08. The van der Waals surface area contributed by atoms with Gasteiger partial charge in [-0.3, -0.25) is 4.79 Å². The molecule has 0 atom stereocenters. The molecule has 0 aliphatic carbocycles. The molecule has 0 bridgehead atoms. The van der Waals surface area contributed by atoms with Crippen molar-refractivity contribution < 1.29 is 0 Å². The molecule has 2 heterocycles. The van der Waals surface area contributed by atoms with E-state index in [2.05, 4.69) is 23.7 Å². The Hall–Kier alpha value is -1.39. The maximum Gasteiger partial charge on any atom is 0.250 e. The summed E-state index contributed by atoms with van der Waals surface area (Å²) in [4.78, 5) is 13.0. The van der Waals surface area contributed by atoms with Crippen LogP contribution in [-0.2, 0) is 13.1 Å². The van der Waals surface area contributed by atoms with Gasteiger partial charge in [0, 0.05) is 36.3 Å². The van der Waals surface area contributed by atoms with Gasteiger partial charge in [-0.2, -0.15) is 0 Å². The highest BCUT2D eigenvalue weighted by molar-refractivity contribution is 7.10. The van der Waals surface area contributed by atoms with Gasteiger partial charge in [-0.25, -0.2) is 0 Å². The molecule has 2 aromatic rings. The van der Waals surface area contributed by atoms with E-state index in [-0.39, 0.29) is 5.56 Å². The largest absolute Gasteiger partial charge is 0.312 e. The zero-order valence-electron chi connectivity index (χ0n) is 10.8. The van der Waals surface area contributed by atoms with Crippen LogP contribution < -0.4 is 10.9 Å². The Morgan fingerprint density at radius 2 is 2.11 bits per heavy atom. The highest BCUT2D eigenvalue weighted by atomic mass is 32.1. The molecule has 1 N–H and O–H groups in total. The van der Waals surface area contributed by atoms with Crippen molar-refractivity contribution in [2.75, 3.05) is 6.54 Å². The van der Waals surface area contributed by atoms with Crippen molar-refractivity contribution in [3.63, 3.8) is 0 Å². The molecular weight excluding hydrogens is 244 g/mol. The lowest BCUT2D eigenvalue weighted by atomic mass is 10.3. The van der Waals surface area contributed by atoms with Gasteiger partial charge in [0.2, 0.25) is 0 Å². The first-order valence-corrected chi connectivity index (χ1v) is 6.96. The number of hydrogen-bond acceptors (Lipinski definition) is 3. The molecule has 0 spiro atoms. The number of thiophene rings is 1. The van der Waals surface area contributed by atoms with Crippen LogP contribution in [0.2, 0.25) is 0 Å². The Labute approximate surface area is 111 Å². The highest BCUT2D eigenvalue weighted by Gasteiger charge is 2.00. The molecule has 0 amide bonds. The molecule has 0 fully saturated rings. The SMILES string of the molecule is Cc1ccsc1CNCCn1c(C)cccc1=O. The number of nitrogens with one attached hydrogen (secondary N) is 1. The minimum atomic E-state index is 0.0732. The zero-order chi connectivity index (χ0) is 13.0. The van der Waals surface area contributed by atoms with Crippen LogP contribution in [0.1, 0.15) is 16.1 Å². The van der Waals surface area contributed by atoms with Crippen LogP contribution in [-0.4, -0.2) is 11.1 Å². The topological polar surface area (TPSA) is 34.0 Å². The standard InChI is InChI=1S/C14H18N2OS/c1-11-6-9-18-13(11)10-15-7-8-16-12(2)4-3-5-14(16)17/h3-6,9,15H,7-8,10H2,1-2H3. The fraction of sp³-hybridized carbons (Fsp3) is 0.357. The van der Waals surface area contributed by atoms with Crippen molar-refractivity contribution in [2.45, 2.75) is 26.9 Å². The molecule has 2 rings (SSSR count). The van der Waals surface area contributed by atoms with E-state index in [4.69, 9.17) is 0 Å². The van der Waals surface area contributed by atoms with Crippen molar-refractivity contribution in [3.8, 4) is 0 Å². The second-order valence-electron chi connectivity index (χ2n) is 4.36. The molecule has 96 valence electrons. The van der Waals surface area contributed by atoms with Crippen LogP contribution in [0.4, 0.5) is 0 Å². The summed E-state index contributed by atoms with van der Waals surface area (Å²) in [5, 5.41) is 5.49. The van der Waals surface area contributed by atoms with E-state index in [9.17, 15) is 4.79 Å². The van der Waals surface area contributed by atoms with E-state index in [0.29, 0.717) is 0 Å². The third-order valence-corrected chi connectivity index (χ3v) is 4.06. The van der Waals surface area contributed by atoms with E-state index >= 15 is 0 Å². The summed E-state index contributed by atoms with van der Waals surface area (Å²) >= 11 is 1.77. The summed E-state index contributed by atoms with van der Waals surface area (Å²) in [5.41, 5.74) is 2.42. The van der Waals surface area contributed by atoms with Gasteiger partial charge in [-0.15, -0.1) is 11.3 Å². The number of nitrogens with zero attached hydrogens (tertiary/aromatic N) is 1. The summed E-state index contributed by atoms with van der Waals surface area (Å²) in [5.74, 6) is 0. The fourth-order valence-corrected chi connectivity index (χ4v) is 2.76. The third kappa shape index (κ3) is 3.09. The minimum Gasteiger partial charge on any atom is -0.312 e. The van der Waals surface area contributed by atoms with Crippen molar-refractivity contribution in [1.29, 1.82) is 0 Å². The molecule has 0 radical (unpaired) electrons. The van der Waals surface area contributed by atoms with Crippen LogP contribution in [0, 0.1) is 13.8 Å².